The van der Waals surface area contributed by atoms with Crippen LogP contribution in [0.1, 0.15) is 19.5 Å². The van der Waals surface area contributed by atoms with Crippen LogP contribution in [0.4, 0.5) is 0 Å². The maximum atomic E-state index is 5.50. The Morgan fingerprint density at radius 2 is 2.29 bits per heavy atom. The highest BCUT2D eigenvalue weighted by Gasteiger charge is 2.22. The van der Waals surface area contributed by atoms with Crippen LogP contribution >= 0.6 is 0 Å². The van der Waals surface area contributed by atoms with Crippen LogP contribution < -0.4 is 0 Å². The number of ether oxygens (including phenoxy) is 1. The number of aromatic nitrogens is 1. The zero-order valence-corrected chi connectivity index (χ0v) is 8.47. The molecule has 0 radical (unpaired) electrons. The maximum Gasteiger partial charge on any atom is 0.235 e. The minimum Gasteiger partial charge on any atom is -0.474 e. The summed E-state index contributed by atoms with van der Waals surface area (Å²) < 4.78 is 5.50. The summed E-state index contributed by atoms with van der Waals surface area (Å²) >= 11 is 0. The first-order valence-electron chi connectivity index (χ1n) is 4.89. The lowest BCUT2D eigenvalue weighted by Crippen LogP contribution is -2.13. The Hall–Kier alpha value is -1.38. The molecule has 0 spiro atoms. The molecule has 1 atom stereocenters. The fourth-order valence-electron chi connectivity index (χ4n) is 1.36. The van der Waals surface area contributed by atoms with E-state index in [1.165, 1.54) is 0 Å². The second-order valence-corrected chi connectivity index (χ2v) is 3.77. The third-order valence-corrected chi connectivity index (χ3v) is 2.33. The first-order valence-corrected chi connectivity index (χ1v) is 4.89. The molecule has 74 valence electrons. The normalized spacial score (nSPS) is 20.8. The highest BCUT2D eigenvalue weighted by molar-refractivity contribution is 5.93. The lowest BCUT2D eigenvalue weighted by atomic mass is 10.1. The number of aliphatic imine (C=N–C) groups is 1. The van der Waals surface area contributed by atoms with Crippen LogP contribution in [0.25, 0.3) is 0 Å². The van der Waals surface area contributed by atoms with Crippen molar-refractivity contribution in [2.24, 2.45) is 10.9 Å². The fraction of sp³-hybridized carbons (Fsp3) is 0.455. The second kappa shape index (κ2) is 3.78. The van der Waals surface area contributed by atoms with Crippen LogP contribution in [-0.4, -0.2) is 23.5 Å². The summed E-state index contributed by atoms with van der Waals surface area (Å²) in [4.78, 5) is 8.69. The number of hydrogen-bond donors (Lipinski definition) is 0. The van der Waals surface area contributed by atoms with Gasteiger partial charge in [0.15, 0.2) is 0 Å². The minimum absolute atomic E-state index is 0.284. The summed E-state index contributed by atoms with van der Waals surface area (Å²) in [6.45, 7) is 4.99. The van der Waals surface area contributed by atoms with Crippen molar-refractivity contribution in [3.63, 3.8) is 0 Å². The third-order valence-electron chi connectivity index (χ3n) is 2.33. The molecule has 3 heteroatoms. The van der Waals surface area contributed by atoms with Crippen molar-refractivity contribution in [1.29, 1.82) is 0 Å². The van der Waals surface area contributed by atoms with Gasteiger partial charge in [0, 0.05) is 6.20 Å². The lowest BCUT2D eigenvalue weighted by molar-refractivity contribution is 0.291. The van der Waals surface area contributed by atoms with E-state index in [4.69, 9.17) is 4.74 Å². The van der Waals surface area contributed by atoms with Gasteiger partial charge in [0.25, 0.3) is 0 Å². The van der Waals surface area contributed by atoms with Crippen LogP contribution in [-0.2, 0) is 4.74 Å². The molecule has 1 aromatic heterocycles. The highest BCUT2D eigenvalue weighted by Crippen LogP contribution is 2.16. The Labute approximate surface area is 83.8 Å². The Morgan fingerprint density at radius 1 is 1.43 bits per heavy atom. The number of pyridine rings is 1. The van der Waals surface area contributed by atoms with Gasteiger partial charge in [-0.2, -0.15) is 0 Å². The molecule has 0 N–H and O–H groups in total. The molecule has 3 nitrogen and oxygen atoms in total. The Kier molecular flexibility index (Phi) is 2.48. The highest BCUT2D eigenvalue weighted by atomic mass is 16.5. The predicted molar refractivity (Wildman–Crippen MR) is 55.4 cm³/mol. The summed E-state index contributed by atoms with van der Waals surface area (Å²) in [5.41, 5.74) is 0.829. The quantitative estimate of drug-likeness (QED) is 0.713. The van der Waals surface area contributed by atoms with Gasteiger partial charge in [0.05, 0.1) is 6.04 Å². The van der Waals surface area contributed by atoms with Gasteiger partial charge in [-0.15, -0.1) is 0 Å². The molecule has 2 rings (SSSR count). The predicted octanol–water partition coefficient (Wildman–Crippen LogP) is 1.88. The molecule has 14 heavy (non-hydrogen) atoms. The van der Waals surface area contributed by atoms with Crippen molar-refractivity contribution in [2.45, 2.75) is 19.9 Å². The maximum absolute atomic E-state index is 5.50. The van der Waals surface area contributed by atoms with Gasteiger partial charge in [0.1, 0.15) is 12.3 Å². The molecule has 1 aromatic rings. The summed E-state index contributed by atoms with van der Waals surface area (Å²) in [5, 5.41) is 0. The molecule has 0 aromatic carbocycles. The van der Waals surface area contributed by atoms with Crippen molar-refractivity contribution in [1.82, 2.24) is 4.98 Å². The molecule has 0 fully saturated rings. The molecule has 1 aliphatic rings. The lowest BCUT2D eigenvalue weighted by Gasteiger charge is -2.06. The van der Waals surface area contributed by atoms with E-state index >= 15 is 0 Å². The topological polar surface area (TPSA) is 34.5 Å². The molecule has 0 saturated heterocycles. The summed E-state index contributed by atoms with van der Waals surface area (Å²) in [6, 6.07) is 6.03. The average Bonchev–Trinajstić information content (AvgIpc) is 2.68. The van der Waals surface area contributed by atoms with Crippen molar-refractivity contribution in [3.05, 3.63) is 30.1 Å². The van der Waals surface area contributed by atoms with E-state index < -0.39 is 0 Å². The zero-order chi connectivity index (χ0) is 9.97. The summed E-state index contributed by atoms with van der Waals surface area (Å²) in [5.74, 6) is 1.21. The molecule has 0 saturated carbocycles. The molecule has 1 aliphatic heterocycles. The third kappa shape index (κ3) is 1.76. The number of rotatable bonds is 2. The van der Waals surface area contributed by atoms with Crippen molar-refractivity contribution in [2.75, 3.05) is 6.61 Å². The fourth-order valence-corrected chi connectivity index (χ4v) is 1.36. The molecule has 0 amide bonds. The summed E-state index contributed by atoms with van der Waals surface area (Å²) in [6.07, 6.45) is 1.75. The SMILES string of the molecule is CC(C)[C@@H]1COC(c2ccccn2)=N1. The Balaban J connectivity index is 2.18. The number of hydrogen-bond acceptors (Lipinski definition) is 3. The monoisotopic (exact) mass is 190 g/mol. The van der Waals surface area contributed by atoms with E-state index in [1.807, 2.05) is 18.2 Å². The zero-order valence-electron chi connectivity index (χ0n) is 8.47. The first-order chi connectivity index (χ1) is 6.77. The van der Waals surface area contributed by atoms with Crippen molar-refractivity contribution < 1.29 is 4.74 Å². The smallest absolute Gasteiger partial charge is 0.235 e. The number of nitrogens with zero attached hydrogens (tertiary/aromatic N) is 2. The van der Waals surface area contributed by atoms with Gasteiger partial charge in [-0.05, 0) is 18.1 Å². The van der Waals surface area contributed by atoms with E-state index in [0.717, 1.165) is 5.69 Å². The largest absolute Gasteiger partial charge is 0.474 e. The van der Waals surface area contributed by atoms with Gasteiger partial charge < -0.3 is 4.74 Å². The standard InChI is InChI=1S/C11H14N2O/c1-8(2)10-7-14-11(13-10)9-5-3-4-6-12-9/h3-6,8,10H,7H2,1-2H3/t10-/m0/s1. The average molecular weight is 190 g/mol. The van der Waals surface area contributed by atoms with E-state index in [0.29, 0.717) is 18.4 Å². The van der Waals surface area contributed by atoms with E-state index in [9.17, 15) is 0 Å². The molecule has 0 bridgehead atoms. The molecule has 0 unspecified atom stereocenters. The van der Waals surface area contributed by atoms with E-state index in [2.05, 4.69) is 23.8 Å². The van der Waals surface area contributed by atoms with Crippen LogP contribution in [0, 0.1) is 5.92 Å². The Morgan fingerprint density at radius 3 is 2.86 bits per heavy atom. The van der Waals surface area contributed by atoms with Gasteiger partial charge in [0.2, 0.25) is 5.90 Å². The van der Waals surface area contributed by atoms with Gasteiger partial charge >= 0.3 is 0 Å². The van der Waals surface area contributed by atoms with E-state index in [1.54, 1.807) is 6.20 Å². The van der Waals surface area contributed by atoms with E-state index in [-0.39, 0.29) is 6.04 Å². The molecular formula is C11H14N2O. The summed E-state index contributed by atoms with van der Waals surface area (Å²) in [7, 11) is 0. The van der Waals surface area contributed by atoms with Crippen LogP contribution in [0.3, 0.4) is 0 Å². The second-order valence-electron chi connectivity index (χ2n) is 3.77. The molecule has 2 heterocycles. The van der Waals surface area contributed by atoms with Crippen LogP contribution in [0.15, 0.2) is 29.4 Å². The first kappa shape index (κ1) is 9.19. The van der Waals surface area contributed by atoms with Gasteiger partial charge in [-0.1, -0.05) is 19.9 Å². The van der Waals surface area contributed by atoms with Crippen LogP contribution in [0.2, 0.25) is 0 Å². The van der Waals surface area contributed by atoms with Gasteiger partial charge in [-0.3, -0.25) is 4.98 Å². The van der Waals surface area contributed by atoms with Gasteiger partial charge in [-0.25, -0.2) is 4.99 Å². The van der Waals surface area contributed by atoms with Crippen molar-refractivity contribution >= 4 is 5.90 Å². The van der Waals surface area contributed by atoms with Crippen molar-refractivity contribution in [3.8, 4) is 0 Å². The van der Waals surface area contributed by atoms with Crippen LogP contribution in [0.5, 0.6) is 0 Å². The minimum atomic E-state index is 0.284. The Bertz CT molecular complexity index is 332. The molecule has 0 aliphatic carbocycles. The molecular weight excluding hydrogens is 176 g/mol.